The van der Waals surface area contributed by atoms with Gasteiger partial charge in [-0.15, -0.1) is 0 Å². The topological polar surface area (TPSA) is 122 Å². The number of amides is 1. The number of benzene rings is 1. The number of anilines is 1. The summed E-state index contributed by atoms with van der Waals surface area (Å²) in [5.74, 6) is -0.632. The maximum absolute atomic E-state index is 13.9. The van der Waals surface area contributed by atoms with Crippen molar-refractivity contribution in [2.75, 3.05) is 26.1 Å². The number of aliphatic hydroxyl groups is 1. The van der Waals surface area contributed by atoms with Crippen LogP contribution in [0.4, 0.5) is 5.69 Å². The number of carbonyl (C=O) groups excluding carboxylic acids is 2. The number of epoxide rings is 1. The van der Waals surface area contributed by atoms with Gasteiger partial charge in [-0.25, -0.2) is 0 Å². The van der Waals surface area contributed by atoms with Crippen LogP contribution in [0, 0.1) is 11.8 Å². The summed E-state index contributed by atoms with van der Waals surface area (Å²) >= 11 is 6.71. The first-order valence-corrected chi connectivity index (χ1v) is 15.4. The number of hydrogen-bond donors (Lipinski definition) is 3. The Labute approximate surface area is 265 Å². The molecule has 44 heavy (non-hydrogen) atoms. The molecule has 10 nitrogen and oxygen atoms in total. The Bertz CT molecular complexity index is 1350. The van der Waals surface area contributed by atoms with Crippen LogP contribution in [0.1, 0.15) is 53.0 Å². The largest absolute Gasteiger partial charge is 0.495 e. The summed E-state index contributed by atoms with van der Waals surface area (Å²) in [4.78, 5) is 28.3. The van der Waals surface area contributed by atoms with Crippen LogP contribution in [-0.4, -0.2) is 73.9 Å². The second-order valence-electron chi connectivity index (χ2n) is 12.5. The van der Waals surface area contributed by atoms with Crippen molar-refractivity contribution in [2.45, 2.75) is 89.6 Å². The third kappa shape index (κ3) is 6.93. The predicted octanol–water partition coefficient (Wildman–Crippen LogP) is 4.25. The number of likely N-dealkylation sites (N-methyl/N-ethyl adjacent to an activating group) is 1. The van der Waals surface area contributed by atoms with E-state index in [4.69, 9.17) is 30.5 Å². The first-order chi connectivity index (χ1) is 20.6. The fourth-order valence-electron chi connectivity index (χ4n) is 5.98. The van der Waals surface area contributed by atoms with E-state index in [9.17, 15) is 14.7 Å². The summed E-state index contributed by atoms with van der Waals surface area (Å²) in [6.07, 6.45) is 4.78. The number of ether oxygens (including phenoxy) is 4. The third-order valence-electron chi connectivity index (χ3n) is 9.21. The number of esters is 1. The van der Waals surface area contributed by atoms with Gasteiger partial charge in [-0.05, 0) is 58.5 Å². The number of nitrogens with one attached hydrogen (secondary N) is 2. The van der Waals surface area contributed by atoms with Crippen molar-refractivity contribution in [1.82, 2.24) is 10.6 Å². The van der Waals surface area contributed by atoms with Gasteiger partial charge in [-0.1, -0.05) is 49.2 Å². The molecule has 1 aromatic carbocycles. The quantitative estimate of drug-likeness (QED) is 0.331. The molecule has 4 rings (SSSR count). The predicted molar refractivity (Wildman–Crippen MR) is 169 cm³/mol. The van der Waals surface area contributed by atoms with Crippen molar-refractivity contribution in [3.63, 3.8) is 0 Å². The smallest absolute Gasteiger partial charge is 0.323 e. The van der Waals surface area contributed by atoms with Crippen LogP contribution in [0.3, 0.4) is 0 Å². The fourth-order valence-corrected chi connectivity index (χ4v) is 6.29. The number of hydrogen-bond acceptors (Lipinski definition) is 9. The van der Waals surface area contributed by atoms with Gasteiger partial charge in [0.15, 0.2) is 5.88 Å². The van der Waals surface area contributed by atoms with Crippen molar-refractivity contribution in [1.29, 1.82) is 0 Å². The molecule has 2 fully saturated rings. The highest BCUT2D eigenvalue weighted by Gasteiger charge is 2.64. The highest BCUT2D eigenvalue weighted by atomic mass is 35.5. The fraction of sp³-hybridized carbons (Fsp3) is 0.576. The van der Waals surface area contributed by atoms with E-state index in [2.05, 4.69) is 17.2 Å². The van der Waals surface area contributed by atoms with E-state index < -0.39 is 41.6 Å². The van der Waals surface area contributed by atoms with Crippen LogP contribution in [0.15, 0.2) is 48.4 Å². The van der Waals surface area contributed by atoms with E-state index in [1.54, 1.807) is 21.0 Å². The number of allylic oxidation sites excluding steroid dienone is 3. The van der Waals surface area contributed by atoms with Gasteiger partial charge in [0, 0.05) is 25.3 Å². The summed E-state index contributed by atoms with van der Waals surface area (Å²) in [5, 5.41) is 17.9. The Morgan fingerprint density at radius 3 is 2.70 bits per heavy atom. The zero-order valence-electron chi connectivity index (χ0n) is 26.9. The molecule has 0 radical (unpaired) electrons. The number of fused-ring (bicyclic) bond motifs is 5. The van der Waals surface area contributed by atoms with E-state index in [-0.39, 0.29) is 36.5 Å². The van der Waals surface area contributed by atoms with Gasteiger partial charge >= 0.3 is 5.97 Å². The summed E-state index contributed by atoms with van der Waals surface area (Å²) in [6, 6.07) is 3.13. The van der Waals surface area contributed by atoms with Gasteiger partial charge in [-0.3, -0.25) is 9.59 Å². The second kappa shape index (κ2) is 13.1. The van der Waals surface area contributed by atoms with Gasteiger partial charge in [0.2, 0.25) is 5.91 Å². The lowest BCUT2D eigenvalue weighted by Crippen LogP contribution is -2.57. The summed E-state index contributed by atoms with van der Waals surface area (Å²) in [5.41, 5.74) is 0.136. The van der Waals surface area contributed by atoms with E-state index in [1.807, 2.05) is 58.1 Å². The maximum atomic E-state index is 13.9. The summed E-state index contributed by atoms with van der Waals surface area (Å²) in [7, 11) is 4.83. The van der Waals surface area contributed by atoms with Crippen LogP contribution >= 0.6 is 11.6 Å². The highest BCUT2D eigenvalue weighted by Crippen LogP contribution is 2.49. The van der Waals surface area contributed by atoms with Gasteiger partial charge < -0.3 is 39.6 Å². The number of rotatable bonds is 4. The van der Waals surface area contributed by atoms with Crippen LogP contribution in [0.25, 0.3) is 0 Å². The minimum absolute atomic E-state index is 0.148. The number of halogens is 1. The molecule has 242 valence electrons. The van der Waals surface area contributed by atoms with Gasteiger partial charge in [0.25, 0.3) is 0 Å². The molecule has 3 N–H and O–H groups in total. The molecular weight excluding hydrogens is 586 g/mol. The molecule has 1 amide bonds. The minimum Gasteiger partial charge on any atom is -0.495 e. The van der Waals surface area contributed by atoms with Gasteiger partial charge in [0.1, 0.15) is 40.3 Å². The Hall–Kier alpha value is -3.05. The second-order valence-corrected chi connectivity index (χ2v) is 12.9. The summed E-state index contributed by atoms with van der Waals surface area (Å²) in [6.45, 7) is 13.4. The Morgan fingerprint density at radius 1 is 1.34 bits per heavy atom. The van der Waals surface area contributed by atoms with E-state index >= 15 is 0 Å². The normalized spacial score (nSPS) is 35.3. The monoisotopic (exact) mass is 631 g/mol. The average molecular weight is 632 g/mol. The van der Waals surface area contributed by atoms with Crippen molar-refractivity contribution in [2.24, 2.45) is 11.8 Å². The van der Waals surface area contributed by atoms with Crippen molar-refractivity contribution in [3.8, 4) is 5.75 Å². The zero-order chi connectivity index (χ0) is 32.6. The van der Waals surface area contributed by atoms with Gasteiger partial charge in [-0.2, -0.15) is 0 Å². The molecule has 8 atom stereocenters. The van der Waals surface area contributed by atoms with E-state index in [0.717, 1.165) is 11.1 Å². The number of carbonyl (C=O) groups is 2. The molecule has 1 aromatic rings. The Kier molecular flexibility index (Phi) is 10.1. The molecule has 4 bridgehead atoms. The number of nitrogens with zero attached hydrogens (tertiary/aromatic N) is 1. The van der Waals surface area contributed by atoms with Crippen LogP contribution in [0.5, 0.6) is 5.75 Å². The molecule has 0 aromatic heterocycles. The lowest BCUT2D eigenvalue weighted by atomic mass is 9.82. The van der Waals surface area contributed by atoms with Crippen molar-refractivity contribution in [3.05, 3.63) is 59.0 Å². The van der Waals surface area contributed by atoms with Crippen LogP contribution in [0.2, 0.25) is 5.02 Å². The Morgan fingerprint density at radius 2 is 2.05 bits per heavy atom. The minimum atomic E-state index is -1.31. The molecule has 3 heterocycles. The molecule has 7 unspecified atom stereocenters. The molecule has 0 aliphatic carbocycles. The molecule has 11 heteroatoms. The SMILES string of the molecule is C=C1NC2(O)CC(O1)C(C)C1OC1(C)C(OC(=O)[C@H](C)NC)CC(=O)N(C)c1cc(cc(OC)c1Cl)C/C(C)=C/C=C/C2C. The molecule has 3 aliphatic rings. The number of methoxy groups -OCH3 is 1. The van der Waals surface area contributed by atoms with Crippen molar-refractivity contribution < 1.29 is 33.6 Å². The molecule has 0 spiro atoms. The van der Waals surface area contributed by atoms with E-state index in [0.29, 0.717) is 22.9 Å². The zero-order valence-corrected chi connectivity index (χ0v) is 27.7. The Balaban J connectivity index is 1.78. The highest BCUT2D eigenvalue weighted by molar-refractivity contribution is 6.35. The molecule has 3 aliphatic heterocycles. The lowest BCUT2D eigenvalue weighted by Gasteiger charge is -2.44. The van der Waals surface area contributed by atoms with Gasteiger partial charge in [0.05, 0.1) is 25.3 Å². The standard InChI is InChI=1S/C33H46ClN3O7/c1-18-11-10-12-19(2)33(40)17-26(42-22(5)36-33)20(3)30-32(6,44-30)27(43-31(39)21(4)35-7)16-28(38)37(8)24-14-23(13-18)15-25(41-9)29(24)34/h10-12,14-15,19-21,26-27,30,35-36,40H,5,13,16-17H2,1-4,6-9H3/b12-10+,18-11+/t19?,20?,21-,26?,27?,30?,32?,33?/m0/s1. The average Bonchev–Trinajstić information content (AvgIpc) is 3.67. The molecule has 2 saturated heterocycles. The third-order valence-corrected chi connectivity index (χ3v) is 9.59. The first kappa shape index (κ1) is 33.8. The molecule has 0 saturated carbocycles. The molecular formula is C33H46ClN3O7. The van der Waals surface area contributed by atoms with Crippen molar-refractivity contribution >= 4 is 29.2 Å². The van der Waals surface area contributed by atoms with Crippen LogP contribution < -0.4 is 20.3 Å². The summed E-state index contributed by atoms with van der Waals surface area (Å²) < 4.78 is 23.9. The first-order valence-electron chi connectivity index (χ1n) is 15.0. The van der Waals surface area contributed by atoms with Crippen LogP contribution in [-0.2, 0) is 30.2 Å². The lowest BCUT2D eigenvalue weighted by molar-refractivity contribution is -0.155. The maximum Gasteiger partial charge on any atom is 0.323 e. The van der Waals surface area contributed by atoms with E-state index in [1.165, 1.54) is 12.0 Å².